The van der Waals surface area contributed by atoms with E-state index in [1.165, 1.54) is 38.9 Å². The quantitative estimate of drug-likeness (QED) is 0.796. The lowest BCUT2D eigenvalue weighted by Gasteiger charge is -2.23. The molecule has 0 radical (unpaired) electrons. The summed E-state index contributed by atoms with van der Waals surface area (Å²) >= 11 is 6.02. The number of quaternary nitrogens is 1. The summed E-state index contributed by atoms with van der Waals surface area (Å²) in [6, 6.07) is 7.67. The minimum absolute atomic E-state index is 0.706. The van der Waals surface area contributed by atoms with E-state index < -0.39 is 0 Å². The van der Waals surface area contributed by atoms with Gasteiger partial charge >= 0.3 is 0 Å². The number of hydrogen-bond acceptors (Lipinski definition) is 1. The van der Waals surface area contributed by atoms with Crippen molar-refractivity contribution in [2.45, 2.75) is 25.7 Å². The maximum absolute atomic E-state index is 6.02. The van der Waals surface area contributed by atoms with E-state index in [-0.39, 0.29) is 0 Å². The van der Waals surface area contributed by atoms with Crippen LogP contribution in [0, 0.1) is 0 Å². The molecule has 17 heavy (non-hydrogen) atoms. The van der Waals surface area contributed by atoms with Gasteiger partial charge in [-0.15, -0.1) is 0 Å². The van der Waals surface area contributed by atoms with Crippen molar-refractivity contribution in [1.82, 2.24) is 0 Å². The number of nitrogens with one attached hydrogen (secondary N) is 1. The van der Waals surface area contributed by atoms with E-state index in [0.29, 0.717) is 5.02 Å². The van der Waals surface area contributed by atoms with Gasteiger partial charge in [-0.05, 0) is 31.4 Å². The standard InChI is InChI=1S/C14H20ClNO/c15-13-7-2-3-8-14(13)17-12-6-11-16-9-4-1-5-10-16/h2-3,7-8H,1,4-6,9-12H2/p+1. The van der Waals surface area contributed by atoms with Crippen LogP contribution >= 0.6 is 11.6 Å². The normalized spacial score (nSPS) is 17.0. The van der Waals surface area contributed by atoms with E-state index in [1.54, 1.807) is 4.90 Å². The summed E-state index contributed by atoms with van der Waals surface area (Å²) in [5.41, 5.74) is 0. The highest BCUT2D eigenvalue weighted by Crippen LogP contribution is 2.22. The monoisotopic (exact) mass is 254 g/mol. The van der Waals surface area contributed by atoms with Gasteiger partial charge in [-0.3, -0.25) is 0 Å². The number of para-hydroxylation sites is 1. The zero-order valence-electron chi connectivity index (χ0n) is 10.3. The molecular formula is C14H21ClNO+. The van der Waals surface area contributed by atoms with Crippen molar-refractivity contribution in [2.75, 3.05) is 26.2 Å². The van der Waals surface area contributed by atoms with Crippen molar-refractivity contribution >= 4 is 11.6 Å². The molecule has 1 N–H and O–H groups in total. The Morgan fingerprint density at radius 2 is 1.88 bits per heavy atom. The second-order valence-corrected chi connectivity index (χ2v) is 5.10. The van der Waals surface area contributed by atoms with Crippen LogP contribution in [-0.4, -0.2) is 26.2 Å². The summed E-state index contributed by atoms with van der Waals surface area (Å²) in [6.07, 6.45) is 5.31. The maximum atomic E-state index is 6.02. The Bertz CT molecular complexity index is 337. The molecule has 3 heteroatoms. The van der Waals surface area contributed by atoms with E-state index >= 15 is 0 Å². The summed E-state index contributed by atoms with van der Waals surface area (Å²) < 4.78 is 5.68. The molecule has 94 valence electrons. The van der Waals surface area contributed by atoms with Crippen LogP contribution in [0.5, 0.6) is 5.75 Å². The number of piperidine rings is 1. The molecule has 2 nitrogen and oxygen atoms in total. The first-order chi connectivity index (χ1) is 8.36. The van der Waals surface area contributed by atoms with Crippen molar-refractivity contribution in [3.8, 4) is 5.75 Å². The van der Waals surface area contributed by atoms with Gasteiger partial charge in [-0.1, -0.05) is 23.7 Å². The van der Waals surface area contributed by atoms with Crippen LogP contribution in [0.1, 0.15) is 25.7 Å². The average molecular weight is 255 g/mol. The minimum atomic E-state index is 0.706. The van der Waals surface area contributed by atoms with Crippen LogP contribution in [0.3, 0.4) is 0 Å². The Labute approximate surface area is 109 Å². The molecule has 1 aromatic rings. The highest BCUT2D eigenvalue weighted by atomic mass is 35.5. The molecule has 0 aromatic heterocycles. The fraction of sp³-hybridized carbons (Fsp3) is 0.571. The van der Waals surface area contributed by atoms with Crippen molar-refractivity contribution in [1.29, 1.82) is 0 Å². The van der Waals surface area contributed by atoms with Crippen LogP contribution in [0.4, 0.5) is 0 Å². The summed E-state index contributed by atoms with van der Waals surface area (Å²) in [5.74, 6) is 0.808. The summed E-state index contributed by atoms with van der Waals surface area (Å²) in [4.78, 5) is 1.74. The largest absolute Gasteiger partial charge is 0.492 e. The topological polar surface area (TPSA) is 13.7 Å². The molecule has 1 saturated heterocycles. The molecule has 1 fully saturated rings. The molecule has 0 unspecified atom stereocenters. The molecule has 0 amide bonds. The van der Waals surface area contributed by atoms with Crippen LogP contribution in [0.25, 0.3) is 0 Å². The summed E-state index contributed by atoms with van der Waals surface area (Å²) in [5, 5.41) is 0.706. The van der Waals surface area contributed by atoms with E-state index in [4.69, 9.17) is 16.3 Å². The second-order valence-electron chi connectivity index (χ2n) is 4.69. The first-order valence-electron chi connectivity index (χ1n) is 6.57. The number of halogens is 1. The van der Waals surface area contributed by atoms with Crippen LogP contribution in [0.15, 0.2) is 24.3 Å². The Morgan fingerprint density at radius 3 is 2.65 bits per heavy atom. The van der Waals surface area contributed by atoms with Gasteiger partial charge in [0.05, 0.1) is 31.3 Å². The first-order valence-corrected chi connectivity index (χ1v) is 6.95. The molecular weight excluding hydrogens is 234 g/mol. The first kappa shape index (κ1) is 12.7. The van der Waals surface area contributed by atoms with Gasteiger partial charge in [0, 0.05) is 6.42 Å². The van der Waals surface area contributed by atoms with Gasteiger partial charge < -0.3 is 9.64 Å². The molecule has 0 saturated carbocycles. The lowest BCUT2D eigenvalue weighted by Crippen LogP contribution is -3.12. The highest BCUT2D eigenvalue weighted by molar-refractivity contribution is 6.32. The van der Waals surface area contributed by atoms with Crippen molar-refractivity contribution < 1.29 is 9.64 Å². The van der Waals surface area contributed by atoms with Gasteiger partial charge in [-0.2, -0.15) is 0 Å². The number of likely N-dealkylation sites (tertiary alicyclic amines) is 1. The number of benzene rings is 1. The van der Waals surface area contributed by atoms with E-state index in [0.717, 1.165) is 18.8 Å². The Balaban J connectivity index is 1.64. The molecule has 0 bridgehead atoms. The summed E-state index contributed by atoms with van der Waals surface area (Å²) in [6.45, 7) is 4.68. The molecule has 1 aliphatic rings. The van der Waals surface area contributed by atoms with E-state index in [1.807, 2.05) is 24.3 Å². The molecule has 1 aromatic carbocycles. The lowest BCUT2D eigenvalue weighted by atomic mass is 10.1. The van der Waals surface area contributed by atoms with Crippen molar-refractivity contribution in [2.24, 2.45) is 0 Å². The maximum Gasteiger partial charge on any atom is 0.137 e. The smallest absolute Gasteiger partial charge is 0.137 e. The van der Waals surface area contributed by atoms with Crippen LogP contribution < -0.4 is 9.64 Å². The summed E-state index contributed by atoms with van der Waals surface area (Å²) in [7, 11) is 0. The minimum Gasteiger partial charge on any atom is -0.492 e. The van der Waals surface area contributed by atoms with Gasteiger partial charge in [0.2, 0.25) is 0 Å². The zero-order valence-corrected chi connectivity index (χ0v) is 11.0. The van der Waals surface area contributed by atoms with E-state index in [9.17, 15) is 0 Å². The Morgan fingerprint density at radius 1 is 1.12 bits per heavy atom. The Kier molecular flexibility index (Phi) is 5.14. The fourth-order valence-corrected chi connectivity index (χ4v) is 2.56. The molecule has 1 heterocycles. The SMILES string of the molecule is Clc1ccccc1OCCC[NH+]1CCCCC1. The third kappa shape index (κ3) is 4.21. The molecule has 0 atom stereocenters. The third-order valence-electron chi connectivity index (χ3n) is 3.33. The number of hydrogen-bond donors (Lipinski definition) is 1. The van der Waals surface area contributed by atoms with Gasteiger partial charge in [0.1, 0.15) is 5.75 Å². The molecule has 2 rings (SSSR count). The predicted molar refractivity (Wildman–Crippen MR) is 71.0 cm³/mol. The average Bonchev–Trinajstić information content (AvgIpc) is 2.38. The number of rotatable bonds is 5. The van der Waals surface area contributed by atoms with Crippen molar-refractivity contribution in [3.05, 3.63) is 29.3 Å². The van der Waals surface area contributed by atoms with Gasteiger partial charge in [-0.25, -0.2) is 0 Å². The van der Waals surface area contributed by atoms with Crippen molar-refractivity contribution in [3.63, 3.8) is 0 Å². The third-order valence-corrected chi connectivity index (χ3v) is 3.64. The van der Waals surface area contributed by atoms with Gasteiger partial charge in [0.25, 0.3) is 0 Å². The Hall–Kier alpha value is -0.730. The molecule has 1 aliphatic heterocycles. The fourth-order valence-electron chi connectivity index (χ4n) is 2.37. The second kappa shape index (κ2) is 6.87. The highest BCUT2D eigenvalue weighted by Gasteiger charge is 2.12. The van der Waals surface area contributed by atoms with Crippen LogP contribution in [0.2, 0.25) is 5.02 Å². The van der Waals surface area contributed by atoms with Gasteiger partial charge in [0.15, 0.2) is 0 Å². The van der Waals surface area contributed by atoms with E-state index in [2.05, 4.69) is 0 Å². The lowest BCUT2D eigenvalue weighted by molar-refractivity contribution is -0.905. The number of ether oxygens (including phenoxy) is 1. The molecule has 0 spiro atoms. The predicted octanol–water partition coefficient (Wildman–Crippen LogP) is 2.18. The zero-order chi connectivity index (χ0) is 11.9. The molecule has 0 aliphatic carbocycles. The van der Waals surface area contributed by atoms with Crippen LogP contribution in [-0.2, 0) is 0 Å².